The summed E-state index contributed by atoms with van der Waals surface area (Å²) in [6.45, 7) is 0. The Balaban J connectivity index is 2.44. The number of hydrogen-bond acceptors (Lipinski definition) is 0. The van der Waals surface area contributed by atoms with E-state index in [2.05, 4.69) is 11.8 Å². The standard InChI is InChI=1S/C14H7Cl3/c15-12-5-2-1-4-10(12)8-9-11-13(16)6-3-7-14(11)17/h1-7H. The molecule has 3 heteroatoms. The van der Waals surface area contributed by atoms with Crippen LogP contribution in [0.15, 0.2) is 42.5 Å². The van der Waals surface area contributed by atoms with Gasteiger partial charge in [-0.1, -0.05) is 64.8 Å². The SMILES string of the molecule is Clc1ccccc1C#Cc1c(Cl)cccc1Cl. The van der Waals surface area contributed by atoms with Crippen LogP contribution in [0, 0.1) is 11.8 Å². The molecule has 0 aliphatic rings. The van der Waals surface area contributed by atoms with Gasteiger partial charge in [0.15, 0.2) is 0 Å². The van der Waals surface area contributed by atoms with Gasteiger partial charge in [-0.15, -0.1) is 0 Å². The van der Waals surface area contributed by atoms with Gasteiger partial charge in [0.25, 0.3) is 0 Å². The lowest BCUT2D eigenvalue weighted by Crippen LogP contribution is -1.80. The topological polar surface area (TPSA) is 0 Å². The Hall–Kier alpha value is -1.13. The van der Waals surface area contributed by atoms with Gasteiger partial charge in [-0.25, -0.2) is 0 Å². The van der Waals surface area contributed by atoms with E-state index in [9.17, 15) is 0 Å². The van der Waals surface area contributed by atoms with Gasteiger partial charge in [0.2, 0.25) is 0 Å². The molecule has 84 valence electrons. The van der Waals surface area contributed by atoms with Crippen molar-refractivity contribution in [3.63, 3.8) is 0 Å². The van der Waals surface area contributed by atoms with E-state index >= 15 is 0 Å². The van der Waals surface area contributed by atoms with E-state index < -0.39 is 0 Å². The molecule has 0 aliphatic carbocycles. The summed E-state index contributed by atoms with van der Waals surface area (Å²) in [5.41, 5.74) is 1.38. The average Bonchev–Trinajstić information content (AvgIpc) is 2.30. The second kappa shape index (κ2) is 5.47. The molecule has 0 aromatic heterocycles. The molecule has 0 amide bonds. The quantitative estimate of drug-likeness (QED) is 0.593. The molecule has 2 rings (SSSR count). The van der Waals surface area contributed by atoms with E-state index in [1.165, 1.54) is 0 Å². The Kier molecular flexibility index (Phi) is 3.97. The lowest BCUT2D eigenvalue weighted by Gasteiger charge is -1.98. The summed E-state index contributed by atoms with van der Waals surface area (Å²) >= 11 is 18.0. The van der Waals surface area contributed by atoms with Crippen LogP contribution in [0.4, 0.5) is 0 Å². The van der Waals surface area contributed by atoms with E-state index in [-0.39, 0.29) is 0 Å². The maximum Gasteiger partial charge on any atom is 0.0621 e. The molecule has 2 aromatic carbocycles. The molecule has 0 heterocycles. The molecule has 0 fully saturated rings. The summed E-state index contributed by atoms with van der Waals surface area (Å²) in [6, 6.07) is 12.7. The third-order valence-electron chi connectivity index (χ3n) is 2.16. The summed E-state index contributed by atoms with van der Waals surface area (Å²) < 4.78 is 0. The van der Waals surface area contributed by atoms with Gasteiger partial charge < -0.3 is 0 Å². The highest BCUT2D eigenvalue weighted by atomic mass is 35.5. The van der Waals surface area contributed by atoms with Gasteiger partial charge in [0.05, 0.1) is 20.6 Å². The molecule has 2 aromatic rings. The van der Waals surface area contributed by atoms with Gasteiger partial charge in [-0.2, -0.15) is 0 Å². The third kappa shape index (κ3) is 2.96. The van der Waals surface area contributed by atoms with Crippen LogP contribution in [-0.2, 0) is 0 Å². The van der Waals surface area contributed by atoms with Crippen LogP contribution >= 0.6 is 34.8 Å². The molecule has 0 N–H and O–H groups in total. The van der Waals surface area contributed by atoms with Crippen molar-refractivity contribution in [1.29, 1.82) is 0 Å². The number of hydrogen-bond donors (Lipinski definition) is 0. The second-order valence-corrected chi connectivity index (χ2v) is 4.55. The molecule has 0 bridgehead atoms. The molecule has 0 aliphatic heterocycles. The minimum atomic E-state index is 0.539. The van der Waals surface area contributed by atoms with Crippen molar-refractivity contribution in [1.82, 2.24) is 0 Å². The van der Waals surface area contributed by atoms with E-state index in [1.807, 2.05) is 18.2 Å². The predicted molar refractivity (Wildman–Crippen MR) is 73.9 cm³/mol. The highest BCUT2D eigenvalue weighted by Crippen LogP contribution is 2.23. The lowest BCUT2D eigenvalue weighted by molar-refractivity contribution is 1.62. The Morgan fingerprint density at radius 3 is 1.88 bits per heavy atom. The highest BCUT2D eigenvalue weighted by molar-refractivity contribution is 6.36. The summed E-state index contributed by atoms with van der Waals surface area (Å²) in [4.78, 5) is 0. The molecule has 0 radical (unpaired) electrons. The molecule has 0 atom stereocenters. The molecule has 0 spiro atoms. The third-order valence-corrected chi connectivity index (χ3v) is 3.12. The largest absolute Gasteiger partial charge is 0.0830 e. The van der Waals surface area contributed by atoms with Gasteiger partial charge in [-0.3, -0.25) is 0 Å². The van der Waals surface area contributed by atoms with Crippen LogP contribution < -0.4 is 0 Å². The van der Waals surface area contributed by atoms with Crippen molar-refractivity contribution >= 4 is 34.8 Å². The van der Waals surface area contributed by atoms with E-state index in [0.29, 0.717) is 20.6 Å². The van der Waals surface area contributed by atoms with Gasteiger partial charge in [-0.05, 0) is 24.3 Å². The van der Waals surface area contributed by atoms with Crippen LogP contribution in [0.5, 0.6) is 0 Å². The fourth-order valence-corrected chi connectivity index (χ4v) is 1.98. The smallest absolute Gasteiger partial charge is 0.0621 e. The Morgan fingerprint density at radius 1 is 0.647 bits per heavy atom. The van der Waals surface area contributed by atoms with E-state index in [1.54, 1.807) is 24.3 Å². The first-order valence-corrected chi connectivity index (χ1v) is 6.02. The van der Waals surface area contributed by atoms with Crippen molar-refractivity contribution in [2.75, 3.05) is 0 Å². The first-order chi connectivity index (χ1) is 8.18. The fourth-order valence-electron chi connectivity index (χ4n) is 1.31. The van der Waals surface area contributed by atoms with Crippen LogP contribution in [0.2, 0.25) is 15.1 Å². The van der Waals surface area contributed by atoms with Crippen molar-refractivity contribution in [2.24, 2.45) is 0 Å². The van der Waals surface area contributed by atoms with Crippen LogP contribution in [0.25, 0.3) is 0 Å². The first-order valence-electron chi connectivity index (χ1n) is 4.89. The Morgan fingerprint density at radius 2 is 1.24 bits per heavy atom. The summed E-state index contributed by atoms with van der Waals surface area (Å²) in [7, 11) is 0. The molecular formula is C14H7Cl3. The number of benzene rings is 2. The van der Waals surface area contributed by atoms with Crippen LogP contribution in [0.3, 0.4) is 0 Å². The fraction of sp³-hybridized carbons (Fsp3) is 0. The predicted octanol–water partition coefficient (Wildman–Crippen LogP) is 5.05. The summed E-state index contributed by atoms with van der Waals surface area (Å²) in [5.74, 6) is 5.90. The van der Waals surface area contributed by atoms with Crippen molar-refractivity contribution < 1.29 is 0 Å². The zero-order chi connectivity index (χ0) is 12.3. The zero-order valence-corrected chi connectivity index (χ0v) is 10.9. The monoisotopic (exact) mass is 280 g/mol. The second-order valence-electron chi connectivity index (χ2n) is 3.33. The summed E-state index contributed by atoms with van der Waals surface area (Å²) in [5, 5.41) is 1.69. The summed E-state index contributed by atoms with van der Waals surface area (Å²) in [6.07, 6.45) is 0. The minimum Gasteiger partial charge on any atom is -0.0830 e. The maximum atomic E-state index is 6.02. The van der Waals surface area contributed by atoms with Crippen molar-refractivity contribution in [2.45, 2.75) is 0 Å². The minimum absolute atomic E-state index is 0.539. The molecule has 0 nitrogen and oxygen atoms in total. The van der Waals surface area contributed by atoms with Gasteiger partial charge in [0.1, 0.15) is 0 Å². The Labute approximate surface area is 115 Å². The number of rotatable bonds is 0. The van der Waals surface area contributed by atoms with Crippen LogP contribution in [0.1, 0.15) is 11.1 Å². The van der Waals surface area contributed by atoms with Crippen molar-refractivity contribution in [3.8, 4) is 11.8 Å². The lowest BCUT2D eigenvalue weighted by atomic mass is 10.2. The average molecular weight is 282 g/mol. The molecule has 0 saturated carbocycles. The van der Waals surface area contributed by atoms with Crippen LogP contribution in [-0.4, -0.2) is 0 Å². The maximum absolute atomic E-state index is 6.02. The van der Waals surface area contributed by atoms with Crippen molar-refractivity contribution in [3.05, 3.63) is 68.7 Å². The highest BCUT2D eigenvalue weighted by Gasteiger charge is 2.01. The van der Waals surface area contributed by atoms with Gasteiger partial charge >= 0.3 is 0 Å². The van der Waals surface area contributed by atoms with E-state index in [0.717, 1.165) is 5.56 Å². The molecule has 0 unspecified atom stereocenters. The molecule has 0 saturated heterocycles. The first kappa shape index (κ1) is 12.3. The van der Waals surface area contributed by atoms with Gasteiger partial charge in [0, 0.05) is 5.56 Å². The molecule has 17 heavy (non-hydrogen) atoms. The van der Waals surface area contributed by atoms with E-state index in [4.69, 9.17) is 34.8 Å². The number of halogens is 3. The Bertz CT molecular complexity index is 586. The zero-order valence-electron chi connectivity index (χ0n) is 8.68. The molecular weight excluding hydrogens is 275 g/mol. The normalized spacial score (nSPS) is 9.59.